The van der Waals surface area contributed by atoms with E-state index in [4.69, 9.17) is 0 Å². The van der Waals surface area contributed by atoms with Gasteiger partial charge in [0.15, 0.2) is 0 Å². The van der Waals surface area contributed by atoms with Gasteiger partial charge >= 0.3 is 0 Å². The lowest BCUT2D eigenvalue weighted by atomic mass is 10.1. The molecule has 0 aliphatic rings. The van der Waals surface area contributed by atoms with Crippen molar-refractivity contribution in [1.82, 2.24) is 19.9 Å². The average Bonchev–Trinajstić information content (AvgIpc) is 2.75. The number of H-pyrrole nitrogens is 1. The van der Waals surface area contributed by atoms with E-state index < -0.39 is 0 Å². The summed E-state index contributed by atoms with van der Waals surface area (Å²) in [5.41, 5.74) is 3.36. The predicted octanol–water partition coefficient (Wildman–Crippen LogP) is 3.47. The molecular weight excluding hydrogens is 364 g/mol. The molecule has 0 atom stereocenters. The Morgan fingerprint density at radius 3 is 2.62 bits per heavy atom. The molecule has 0 saturated carbocycles. The van der Waals surface area contributed by atoms with Crippen LogP contribution in [0.3, 0.4) is 0 Å². The first kappa shape index (κ1) is 18.6. The van der Waals surface area contributed by atoms with Crippen LogP contribution in [0.2, 0.25) is 0 Å². The van der Waals surface area contributed by atoms with E-state index >= 15 is 0 Å². The number of fused-ring (bicyclic) bond motifs is 1. The first-order chi connectivity index (χ1) is 14.1. The Morgan fingerprint density at radius 1 is 1.03 bits per heavy atom. The fraction of sp³-hybridized carbons (Fsp3) is 0.130. The van der Waals surface area contributed by atoms with Crippen molar-refractivity contribution in [2.45, 2.75) is 20.0 Å². The molecule has 1 N–H and O–H groups in total. The first-order valence-corrected chi connectivity index (χ1v) is 9.32. The zero-order chi connectivity index (χ0) is 20.2. The summed E-state index contributed by atoms with van der Waals surface area (Å²) in [4.78, 5) is 38.5. The Balaban J connectivity index is 1.71. The second-order valence-electron chi connectivity index (χ2n) is 6.90. The Bertz CT molecular complexity index is 1200. The number of para-hydroxylation sites is 1. The molecule has 6 heteroatoms. The van der Waals surface area contributed by atoms with Gasteiger partial charge in [0.2, 0.25) is 0 Å². The molecule has 0 radical (unpaired) electrons. The molecule has 4 rings (SSSR count). The summed E-state index contributed by atoms with van der Waals surface area (Å²) in [6.07, 6.45) is 4.45. The van der Waals surface area contributed by atoms with E-state index in [1.807, 2.05) is 61.5 Å². The molecule has 0 unspecified atom stereocenters. The molecule has 4 aromatic rings. The van der Waals surface area contributed by atoms with Crippen molar-refractivity contribution in [1.29, 1.82) is 0 Å². The lowest BCUT2D eigenvalue weighted by Gasteiger charge is -2.22. The van der Waals surface area contributed by atoms with Crippen LogP contribution in [-0.4, -0.2) is 25.8 Å². The van der Waals surface area contributed by atoms with Crippen LogP contribution in [0, 0.1) is 6.92 Å². The highest BCUT2D eigenvalue weighted by molar-refractivity contribution is 5.92. The van der Waals surface area contributed by atoms with Gasteiger partial charge in [0.05, 0.1) is 18.3 Å². The normalized spacial score (nSPS) is 10.8. The van der Waals surface area contributed by atoms with Crippen molar-refractivity contribution < 1.29 is 4.79 Å². The van der Waals surface area contributed by atoms with Crippen molar-refractivity contribution in [3.05, 3.63) is 106 Å². The summed E-state index contributed by atoms with van der Waals surface area (Å²) >= 11 is 0. The van der Waals surface area contributed by atoms with Gasteiger partial charge in [-0.05, 0) is 29.5 Å². The van der Waals surface area contributed by atoms with Crippen LogP contribution in [0.4, 0.5) is 0 Å². The number of benzene rings is 2. The lowest BCUT2D eigenvalue weighted by molar-refractivity contribution is 0.0723. The van der Waals surface area contributed by atoms with Crippen molar-refractivity contribution in [3.63, 3.8) is 0 Å². The standard InChI is InChI=1S/C23H20N4O2/c1-16-6-5-9-18-12-19(22(28)26-21(16)18)15-27(14-17-7-3-2-4-8-17)23(29)20-13-24-10-11-25-20/h2-13H,14-15H2,1H3,(H,26,28). The molecule has 0 saturated heterocycles. The maximum absolute atomic E-state index is 13.1. The van der Waals surface area contributed by atoms with E-state index in [-0.39, 0.29) is 23.7 Å². The van der Waals surface area contributed by atoms with E-state index in [0.29, 0.717) is 12.1 Å². The number of hydrogen-bond acceptors (Lipinski definition) is 4. The summed E-state index contributed by atoms with van der Waals surface area (Å²) in [5, 5.41) is 0.936. The number of hydrogen-bond donors (Lipinski definition) is 1. The highest BCUT2D eigenvalue weighted by atomic mass is 16.2. The summed E-state index contributed by atoms with van der Waals surface area (Å²) in [6.45, 7) is 2.49. The molecular formula is C23H20N4O2. The smallest absolute Gasteiger partial charge is 0.274 e. The zero-order valence-corrected chi connectivity index (χ0v) is 16.0. The van der Waals surface area contributed by atoms with Gasteiger partial charge in [-0.1, -0.05) is 48.5 Å². The Kier molecular flexibility index (Phi) is 5.16. The van der Waals surface area contributed by atoms with Gasteiger partial charge < -0.3 is 9.88 Å². The average molecular weight is 384 g/mol. The van der Waals surface area contributed by atoms with Crippen LogP contribution in [0.15, 0.2) is 78.0 Å². The number of nitrogens with one attached hydrogen (secondary N) is 1. The molecule has 0 aliphatic carbocycles. The van der Waals surface area contributed by atoms with E-state index in [1.165, 1.54) is 18.6 Å². The van der Waals surface area contributed by atoms with Gasteiger partial charge in [-0.25, -0.2) is 4.98 Å². The van der Waals surface area contributed by atoms with Gasteiger partial charge in [0, 0.05) is 24.5 Å². The molecule has 1 amide bonds. The number of carbonyl (C=O) groups excluding carboxylic acids is 1. The molecule has 6 nitrogen and oxygen atoms in total. The van der Waals surface area contributed by atoms with Gasteiger partial charge in [-0.2, -0.15) is 0 Å². The number of carbonyl (C=O) groups is 1. The molecule has 2 aromatic carbocycles. The second kappa shape index (κ2) is 8.06. The highest BCUT2D eigenvalue weighted by Crippen LogP contribution is 2.17. The molecule has 29 heavy (non-hydrogen) atoms. The van der Waals surface area contributed by atoms with Crippen molar-refractivity contribution >= 4 is 16.8 Å². The fourth-order valence-corrected chi connectivity index (χ4v) is 3.33. The maximum Gasteiger partial charge on any atom is 0.274 e. The number of rotatable bonds is 5. The van der Waals surface area contributed by atoms with Crippen LogP contribution in [0.1, 0.15) is 27.2 Å². The first-order valence-electron chi connectivity index (χ1n) is 9.32. The second-order valence-corrected chi connectivity index (χ2v) is 6.90. The molecule has 2 aromatic heterocycles. The third-order valence-corrected chi connectivity index (χ3v) is 4.81. The third kappa shape index (κ3) is 4.06. The summed E-state index contributed by atoms with van der Waals surface area (Å²) in [7, 11) is 0. The molecule has 0 spiro atoms. The van der Waals surface area contributed by atoms with Gasteiger partial charge in [-0.3, -0.25) is 14.6 Å². The molecule has 144 valence electrons. The number of aryl methyl sites for hydroxylation is 1. The minimum absolute atomic E-state index is 0.170. The Morgan fingerprint density at radius 2 is 1.86 bits per heavy atom. The zero-order valence-electron chi connectivity index (χ0n) is 16.0. The topological polar surface area (TPSA) is 79.0 Å². The quantitative estimate of drug-likeness (QED) is 0.571. The lowest BCUT2D eigenvalue weighted by Crippen LogP contribution is -2.33. The maximum atomic E-state index is 13.1. The van der Waals surface area contributed by atoms with Gasteiger partial charge in [0.1, 0.15) is 5.69 Å². The number of pyridine rings is 1. The van der Waals surface area contributed by atoms with Crippen molar-refractivity contribution in [2.24, 2.45) is 0 Å². The number of aromatic amines is 1. The van der Waals surface area contributed by atoms with Crippen LogP contribution in [0.25, 0.3) is 10.9 Å². The number of amides is 1. The minimum Gasteiger partial charge on any atom is -0.328 e. The van der Waals surface area contributed by atoms with E-state index in [2.05, 4.69) is 15.0 Å². The van der Waals surface area contributed by atoms with Crippen molar-refractivity contribution in [3.8, 4) is 0 Å². The summed E-state index contributed by atoms with van der Waals surface area (Å²) in [5.74, 6) is -0.273. The van der Waals surface area contributed by atoms with E-state index in [9.17, 15) is 9.59 Å². The Labute approximate surface area is 167 Å². The minimum atomic E-state index is -0.273. The van der Waals surface area contributed by atoms with E-state index in [0.717, 1.165) is 22.0 Å². The summed E-state index contributed by atoms with van der Waals surface area (Å²) in [6, 6.07) is 17.4. The van der Waals surface area contributed by atoms with E-state index in [1.54, 1.807) is 4.90 Å². The SMILES string of the molecule is Cc1cccc2cc(CN(Cc3ccccc3)C(=O)c3cnccn3)c(=O)[nH]c12. The van der Waals surface area contributed by atoms with Crippen LogP contribution in [0.5, 0.6) is 0 Å². The van der Waals surface area contributed by atoms with Crippen LogP contribution < -0.4 is 5.56 Å². The Hall–Kier alpha value is -3.80. The monoisotopic (exact) mass is 384 g/mol. The largest absolute Gasteiger partial charge is 0.328 e. The molecule has 0 fully saturated rings. The highest BCUT2D eigenvalue weighted by Gasteiger charge is 2.19. The number of nitrogens with zero attached hydrogens (tertiary/aromatic N) is 3. The van der Waals surface area contributed by atoms with Gasteiger partial charge in [0.25, 0.3) is 11.5 Å². The van der Waals surface area contributed by atoms with Gasteiger partial charge in [-0.15, -0.1) is 0 Å². The fourth-order valence-electron chi connectivity index (χ4n) is 3.33. The van der Waals surface area contributed by atoms with Crippen LogP contribution in [-0.2, 0) is 13.1 Å². The van der Waals surface area contributed by atoms with Crippen molar-refractivity contribution in [2.75, 3.05) is 0 Å². The predicted molar refractivity (Wildman–Crippen MR) is 111 cm³/mol. The molecule has 0 bridgehead atoms. The number of aromatic nitrogens is 3. The molecule has 2 heterocycles. The molecule has 0 aliphatic heterocycles. The third-order valence-electron chi connectivity index (χ3n) is 4.81. The summed E-state index contributed by atoms with van der Waals surface area (Å²) < 4.78 is 0. The van der Waals surface area contributed by atoms with Crippen LogP contribution >= 0.6 is 0 Å².